The number of oxime groups is 1. The lowest BCUT2D eigenvalue weighted by molar-refractivity contribution is -0.385. The molecule has 0 aromatic heterocycles. The van der Waals surface area contributed by atoms with Crippen molar-refractivity contribution in [3.8, 4) is 17.2 Å². The Bertz CT molecular complexity index is 2790. The molecule has 5 aromatic rings. The van der Waals surface area contributed by atoms with Crippen LogP contribution in [-0.2, 0) is 21.0 Å². The van der Waals surface area contributed by atoms with Crippen molar-refractivity contribution in [2.45, 2.75) is 82.6 Å². The lowest BCUT2D eigenvalue weighted by atomic mass is 9.55. The zero-order chi connectivity index (χ0) is 49.9. The standard InChI is InChI=1S/C56H60N4O11/c1-3-29-58(53(63)28-19-38-15-21-43(22-16-38)59(64)65)52-36-50(57-69-37-39-17-23-44(24-18-39)60(66)67)48-34-42(13-7-9-30-61)47(14-8-10-31-62)54-49-35-46(70-45-25-20-40-11-5-6-12-41(40)33-45)26-27-51(49)71-56(52,55(48)54)68-32-4-2/h4-6,11-12,15-28,33-35,42,47,52,54-55,61-62H,2-3,7-10,13-14,29-32,36-37H2,1H3/t42-,47+,52-,54+,55+,56+/m0/s1. The van der Waals surface area contributed by atoms with Gasteiger partial charge in [-0.2, -0.15) is 0 Å². The maximum atomic E-state index is 14.9. The molecule has 71 heavy (non-hydrogen) atoms. The van der Waals surface area contributed by atoms with Crippen LogP contribution in [0.5, 0.6) is 17.2 Å². The van der Waals surface area contributed by atoms with Crippen molar-refractivity contribution in [3.05, 3.63) is 176 Å². The van der Waals surface area contributed by atoms with Crippen LogP contribution in [0, 0.1) is 38.0 Å². The maximum absolute atomic E-state index is 14.9. The van der Waals surface area contributed by atoms with Crippen molar-refractivity contribution in [2.24, 2.45) is 22.9 Å². The number of allylic oxidation sites excluding steroid dienone is 1. The fraction of sp³-hybridized carbons (Fsp3) is 0.357. The highest BCUT2D eigenvalue weighted by atomic mass is 16.7. The van der Waals surface area contributed by atoms with E-state index in [1.54, 1.807) is 41.3 Å². The number of nitro groups is 2. The molecule has 1 fully saturated rings. The highest BCUT2D eigenvalue weighted by Crippen LogP contribution is 2.62. The van der Waals surface area contributed by atoms with Crippen molar-refractivity contribution in [1.29, 1.82) is 0 Å². The summed E-state index contributed by atoms with van der Waals surface area (Å²) in [6.07, 6.45) is 12.0. The van der Waals surface area contributed by atoms with E-state index in [2.05, 4.69) is 18.7 Å². The molecule has 1 amide bonds. The van der Waals surface area contributed by atoms with Crippen LogP contribution in [0.15, 0.2) is 145 Å². The monoisotopic (exact) mass is 964 g/mol. The van der Waals surface area contributed by atoms with Crippen LogP contribution in [0.4, 0.5) is 11.4 Å². The van der Waals surface area contributed by atoms with E-state index in [4.69, 9.17) is 24.2 Å². The predicted octanol–water partition coefficient (Wildman–Crippen LogP) is 11.2. The molecule has 6 atom stereocenters. The molecule has 15 nitrogen and oxygen atoms in total. The minimum atomic E-state index is -1.51. The molecule has 1 heterocycles. The van der Waals surface area contributed by atoms with E-state index >= 15 is 0 Å². The molecule has 0 bridgehead atoms. The van der Waals surface area contributed by atoms with Crippen LogP contribution in [-0.4, -0.2) is 74.8 Å². The number of rotatable bonds is 23. The van der Waals surface area contributed by atoms with Crippen LogP contribution in [0.3, 0.4) is 0 Å². The number of carbonyl (C=O) groups excluding carboxylic acids is 1. The molecule has 3 aliphatic rings. The number of amides is 1. The molecular formula is C56H60N4O11. The maximum Gasteiger partial charge on any atom is 0.269 e. The zero-order valence-electron chi connectivity index (χ0n) is 39.8. The number of fused-ring (bicyclic) bond motifs is 3. The first-order valence-corrected chi connectivity index (χ1v) is 24.4. The Labute approximate surface area is 413 Å². The van der Waals surface area contributed by atoms with Gasteiger partial charge in [0.05, 0.1) is 28.1 Å². The molecule has 0 radical (unpaired) electrons. The molecular weight excluding hydrogens is 905 g/mol. The highest BCUT2D eigenvalue weighted by Gasteiger charge is 2.65. The smallest absolute Gasteiger partial charge is 0.269 e. The molecule has 15 heteroatoms. The number of aliphatic hydroxyl groups excluding tert-OH is 2. The van der Waals surface area contributed by atoms with Gasteiger partial charge in [0.25, 0.3) is 11.4 Å². The third kappa shape index (κ3) is 11.2. The number of nitro benzene ring substituents is 2. The van der Waals surface area contributed by atoms with Gasteiger partial charge in [-0.15, -0.1) is 6.58 Å². The number of hydrogen-bond donors (Lipinski definition) is 2. The number of ether oxygens (including phenoxy) is 3. The molecule has 0 saturated heterocycles. The minimum absolute atomic E-state index is 0.0136. The fourth-order valence-corrected chi connectivity index (χ4v) is 10.6. The van der Waals surface area contributed by atoms with Gasteiger partial charge in [-0.05, 0) is 132 Å². The molecule has 0 unspecified atom stereocenters. The lowest BCUT2D eigenvalue weighted by Crippen LogP contribution is -2.70. The van der Waals surface area contributed by atoms with Crippen molar-refractivity contribution in [2.75, 3.05) is 26.4 Å². The van der Waals surface area contributed by atoms with Crippen molar-refractivity contribution in [3.63, 3.8) is 0 Å². The first-order chi connectivity index (χ1) is 34.6. The van der Waals surface area contributed by atoms with E-state index < -0.39 is 27.6 Å². The number of benzene rings is 5. The second-order valence-electron chi connectivity index (χ2n) is 18.3. The lowest BCUT2D eigenvalue weighted by Gasteiger charge is -2.60. The first kappa shape index (κ1) is 50.2. The first-order valence-electron chi connectivity index (χ1n) is 24.4. The molecule has 1 saturated carbocycles. The Kier molecular flexibility index (Phi) is 16.4. The Hall–Kier alpha value is -7.20. The van der Waals surface area contributed by atoms with Crippen molar-refractivity contribution in [1.82, 2.24) is 4.90 Å². The van der Waals surface area contributed by atoms with Crippen molar-refractivity contribution < 1.29 is 43.9 Å². The number of carbonyl (C=O) groups is 1. The third-order valence-corrected chi connectivity index (χ3v) is 13.8. The second-order valence-corrected chi connectivity index (χ2v) is 18.3. The van der Waals surface area contributed by atoms with Gasteiger partial charge < -0.3 is 34.2 Å². The summed E-state index contributed by atoms with van der Waals surface area (Å²) in [5, 5.41) is 49.9. The Balaban J connectivity index is 1.29. The minimum Gasteiger partial charge on any atom is -0.459 e. The fourth-order valence-electron chi connectivity index (χ4n) is 10.6. The summed E-state index contributed by atoms with van der Waals surface area (Å²) in [5.74, 6) is -0.918. The van der Waals surface area contributed by atoms with E-state index in [-0.39, 0.29) is 67.9 Å². The molecule has 8 rings (SSSR count). The van der Waals surface area contributed by atoms with E-state index in [9.17, 15) is 35.2 Å². The SMILES string of the molecule is C=CCO[C@@]12Oc3ccc(Oc4ccc5ccccc5c4)cc3[C@H]3[C@H](CCCCO)[C@@H](CCCCO)C=C(C(=NOCc4ccc([N+](=O)[O-])cc4)C[C@@H]1N(CCC)C(=O)C=Cc1ccc([N+](=O)[O-])cc1)[C@H]32. The Morgan fingerprint density at radius 1 is 0.873 bits per heavy atom. The van der Waals surface area contributed by atoms with Crippen LogP contribution in [0.2, 0.25) is 0 Å². The van der Waals surface area contributed by atoms with E-state index in [1.165, 1.54) is 30.3 Å². The summed E-state index contributed by atoms with van der Waals surface area (Å²) in [7, 11) is 0. The largest absolute Gasteiger partial charge is 0.459 e. The number of aliphatic hydroxyl groups is 2. The molecule has 5 aromatic carbocycles. The summed E-state index contributed by atoms with van der Waals surface area (Å²) in [4.78, 5) is 44.7. The number of nitrogens with zero attached hydrogens (tertiary/aromatic N) is 4. The van der Waals surface area contributed by atoms with Crippen LogP contribution >= 0.6 is 0 Å². The summed E-state index contributed by atoms with van der Waals surface area (Å²) in [6, 6.07) is 31.2. The quantitative estimate of drug-likeness (QED) is 0.0208. The van der Waals surface area contributed by atoms with Gasteiger partial charge in [-0.3, -0.25) is 25.0 Å². The van der Waals surface area contributed by atoms with Gasteiger partial charge in [-0.25, -0.2) is 0 Å². The molecule has 0 spiro atoms. The zero-order valence-corrected chi connectivity index (χ0v) is 39.8. The van der Waals surface area contributed by atoms with E-state index in [0.29, 0.717) is 59.9 Å². The topological polar surface area (TPSA) is 196 Å². The molecule has 2 aliphatic carbocycles. The number of hydrogen-bond acceptors (Lipinski definition) is 12. The van der Waals surface area contributed by atoms with Crippen molar-refractivity contribution >= 4 is 39.8 Å². The van der Waals surface area contributed by atoms with Crippen LogP contribution in [0.1, 0.15) is 80.9 Å². The van der Waals surface area contributed by atoms with E-state index in [1.807, 2.05) is 61.5 Å². The third-order valence-electron chi connectivity index (χ3n) is 13.8. The Morgan fingerprint density at radius 3 is 2.24 bits per heavy atom. The average Bonchev–Trinajstić information content (AvgIpc) is 3.38. The van der Waals surface area contributed by atoms with Gasteiger partial charge in [0.2, 0.25) is 11.7 Å². The summed E-state index contributed by atoms with van der Waals surface area (Å²) in [5.41, 5.74) is 3.50. The highest BCUT2D eigenvalue weighted by molar-refractivity contribution is 6.03. The van der Waals surface area contributed by atoms with Gasteiger partial charge in [0, 0.05) is 68.0 Å². The van der Waals surface area contributed by atoms with E-state index in [0.717, 1.165) is 47.6 Å². The number of unbranched alkanes of at least 4 members (excludes halogenated alkanes) is 2. The molecule has 1 aliphatic heterocycles. The van der Waals surface area contributed by atoms with Crippen LogP contribution in [0.25, 0.3) is 16.8 Å². The normalized spacial score (nSPS) is 21.7. The molecule has 370 valence electrons. The summed E-state index contributed by atoms with van der Waals surface area (Å²) >= 11 is 0. The number of non-ortho nitro benzene ring substituents is 2. The van der Waals surface area contributed by atoms with Gasteiger partial charge in [-0.1, -0.05) is 67.4 Å². The van der Waals surface area contributed by atoms with Gasteiger partial charge in [0.1, 0.15) is 29.9 Å². The Morgan fingerprint density at radius 2 is 1.55 bits per heavy atom. The second kappa shape index (κ2) is 23.1. The summed E-state index contributed by atoms with van der Waals surface area (Å²) < 4.78 is 21.2. The summed E-state index contributed by atoms with van der Waals surface area (Å²) in [6.45, 7) is 6.52. The van der Waals surface area contributed by atoms with Crippen LogP contribution < -0.4 is 9.47 Å². The van der Waals surface area contributed by atoms with Gasteiger partial charge in [0.15, 0.2) is 0 Å². The average molecular weight is 965 g/mol. The molecule has 2 N–H and O–H groups in total. The van der Waals surface area contributed by atoms with Gasteiger partial charge >= 0.3 is 0 Å². The predicted molar refractivity (Wildman–Crippen MR) is 271 cm³/mol.